The van der Waals surface area contributed by atoms with E-state index in [1.807, 2.05) is 60.7 Å². The second kappa shape index (κ2) is 11.3. The van der Waals surface area contributed by atoms with Crippen LogP contribution in [0.5, 0.6) is 11.5 Å². The van der Waals surface area contributed by atoms with Crippen molar-refractivity contribution in [2.75, 3.05) is 42.6 Å². The van der Waals surface area contributed by atoms with Gasteiger partial charge in [-0.2, -0.15) is 0 Å². The second-order valence-corrected chi connectivity index (χ2v) is 9.02. The first-order valence-corrected chi connectivity index (χ1v) is 12.3. The van der Waals surface area contributed by atoms with Crippen LogP contribution >= 0.6 is 15.9 Å². The van der Waals surface area contributed by atoms with E-state index < -0.39 is 12.6 Å². The Morgan fingerprint density at radius 2 is 1.83 bits per heavy atom. The molecule has 3 aromatic carbocycles. The van der Waals surface area contributed by atoms with Crippen molar-refractivity contribution in [1.82, 2.24) is 0 Å². The van der Waals surface area contributed by atoms with E-state index in [0.717, 1.165) is 22.3 Å². The number of hydrogen-bond acceptors (Lipinski definition) is 5. The maximum absolute atomic E-state index is 13.5. The number of carbonyl (C=O) groups is 2. The van der Waals surface area contributed by atoms with Crippen LogP contribution in [0.3, 0.4) is 0 Å². The summed E-state index contributed by atoms with van der Waals surface area (Å²) < 4.78 is 12.2. The Bertz CT molecular complexity index is 1180. The molecule has 1 N–H and O–H groups in total. The van der Waals surface area contributed by atoms with Gasteiger partial charge in [0.05, 0.1) is 12.2 Å². The fourth-order valence-corrected chi connectivity index (χ4v) is 4.25. The van der Waals surface area contributed by atoms with Gasteiger partial charge in [-0.15, -0.1) is 0 Å². The molecule has 1 aliphatic heterocycles. The summed E-state index contributed by atoms with van der Waals surface area (Å²) in [5.74, 6) is -0.198. The zero-order chi connectivity index (χ0) is 24.8. The molecule has 0 fully saturated rings. The Labute approximate surface area is 213 Å². The molecule has 0 saturated carbocycles. The summed E-state index contributed by atoms with van der Waals surface area (Å²) in [6.07, 6.45) is 0.916. The maximum atomic E-state index is 13.5. The molecule has 182 valence electrons. The molecule has 7 nitrogen and oxygen atoms in total. The van der Waals surface area contributed by atoms with Crippen LogP contribution in [0.4, 0.5) is 11.4 Å². The highest BCUT2D eigenvalue weighted by Crippen LogP contribution is 2.40. The van der Waals surface area contributed by atoms with Crippen LogP contribution in [0.15, 0.2) is 71.2 Å². The second-order valence-electron chi connectivity index (χ2n) is 8.11. The number of hydrogen-bond donors (Lipinski definition) is 1. The molecule has 3 aromatic rings. The van der Waals surface area contributed by atoms with Crippen LogP contribution in [-0.2, 0) is 11.2 Å². The van der Waals surface area contributed by atoms with E-state index in [1.165, 1.54) is 5.56 Å². The van der Waals surface area contributed by atoms with Crippen molar-refractivity contribution in [2.45, 2.75) is 13.3 Å². The summed E-state index contributed by atoms with van der Waals surface area (Å²) >= 11 is 3.47. The van der Waals surface area contributed by atoms with Crippen LogP contribution in [0, 0.1) is 0 Å². The number of anilines is 2. The van der Waals surface area contributed by atoms with Gasteiger partial charge in [-0.3, -0.25) is 4.79 Å². The van der Waals surface area contributed by atoms with E-state index in [2.05, 4.69) is 27.8 Å². The molecule has 0 atom stereocenters. The number of aliphatic carboxylic acids is 1. The molecule has 1 amide bonds. The number of carbonyl (C=O) groups excluding carboxylic acids is 1. The first kappa shape index (κ1) is 24.6. The number of fused-ring (bicyclic) bond motifs is 1. The van der Waals surface area contributed by atoms with E-state index in [4.69, 9.17) is 14.6 Å². The number of carboxylic acid groups (broad SMARTS) is 1. The monoisotopic (exact) mass is 538 g/mol. The van der Waals surface area contributed by atoms with Crippen LogP contribution in [0.1, 0.15) is 22.8 Å². The fourth-order valence-electron chi connectivity index (χ4n) is 3.99. The van der Waals surface area contributed by atoms with E-state index in [0.29, 0.717) is 43.3 Å². The predicted molar refractivity (Wildman–Crippen MR) is 139 cm³/mol. The van der Waals surface area contributed by atoms with Crippen molar-refractivity contribution in [3.8, 4) is 11.5 Å². The quantitative estimate of drug-likeness (QED) is 0.412. The van der Waals surface area contributed by atoms with Crippen molar-refractivity contribution in [2.24, 2.45) is 0 Å². The van der Waals surface area contributed by atoms with E-state index >= 15 is 0 Å². The largest absolute Gasteiger partial charge is 0.486 e. The smallest absolute Gasteiger partial charge is 0.341 e. The normalized spacial score (nSPS) is 12.5. The fraction of sp³-hybridized carbons (Fsp3) is 0.259. The van der Waals surface area contributed by atoms with Crippen LogP contribution in [0.2, 0.25) is 0 Å². The molecule has 0 saturated heterocycles. The average Bonchev–Trinajstić information content (AvgIpc) is 2.88. The van der Waals surface area contributed by atoms with Crippen molar-refractivity contribution in [1.29, 1.82) is 0 Å². The van der Waals surface area contributed by atoms with Gasteiger partial charge in [-0.05, 0) is 60.5 Å². The summed E-state index contributed by atoms with van der Waals surface area (Å²) in [6, 6.07) is 20.9. The highest BCUT2D eigenvalue weighted by Gasteiger charge is 2.24. The Balaban J connectivity index is 1.57. The molecule has 35 heavy (non-hydrogen) atoms. The molecule has 0 radical (unpaired) electrons. The van der Waals surface area contributed by atoms with Gasteiger partial charge in [-0.1, -0.05) is 41.1 Å². The first-order chi connectivity index (χ1) is 17.0. The van der Waals surface area contributed by atoms with Crippen molar-refractivity contribution in [3.05, 3.63) is 82.3 Å². The maximum Gasteiger partial charge on any atom is 0.341 e. The number of rotatable bonds is 9. The number of ether oxygens (including phenoxy) is 2. The van der Waals surface area contributed by atoms with Crippen LogP contribution < -0.4 is 19.3 Å². The molecule has 0 aromatic heterocycles. The topological polar surface area (TPSA) is 79.3 Å². The minimum Gasteiger partial charge on any atom is -0.486 e. The summed E-state index contributed by atoms with van der Waals surface area (Å²) in [5, 5.41) is 8.96. The van der Waals surface area contributed by atoms with E-state index in [9.17, 15) is 9.59 Å². The molecule has 0 aliphatic carbocycles. The lowest BCUT2D eigenvalue weighted by atomic mass is 10.1. The Kier molecular flexibility index (Phi) is 7.92. The zero-order valence-corrected chi connectivity index (χ0v) is 21.0. The summed E-state index contributed by atoms with van der Waals surface area (Å²) in [4.78, 5) is 28.4. The number of benzene rings is 3. The summed E-state index contributed by atoms with van der Waals surface area (Å²) in [6.45, 7) is 3.74. The Morgan fingerprint density at radius 3 is 2.51 bits per heavy atom. The van der Waals surface area contributed by atoms with Crippen molar-refractivity contribution >= 4 is 39.2 Å². The minimum absolute atomic E-state index is 0.0676. The van der Waals surface area contributed by atoms with Gasteiger partial charge < -0.3 is 24.4 Å². The lowest BCUT2D eigenvalue weighted by molar-refractivity contribution is -0.139. The summed E-state index contributed by atoms with van der Waals surface area (Å²) in [7, 11) is 0. The van der Waals surface area contributed by atoms with Crippen LogP contribution in [0.25, 0.3) is 0 Å². The van der Waals surface area contributed by atoms with Gasteiger partial charge in [0.2, 0.25) is 0 Å². The van der Waals surface area contributed by atoms with Gasteiger partial charge in [0.15, 0.2) is 18.1 Å². The highest BCUT2D eigenvalue weighted by atomic mass is 79.9. The third-order valence-electron chi connectivity index (χ3n) is 5.84. The molecular formula is C27H27BrN2O5. The molecule has 1 aliphatic rings. The molecule has 1 heterocycles. The SMILES string of the molecule is CCc1ccc(C(=O)N(CCN2CCOc3c(OCC(=O)O)cccc32)c2ccc(Br)cc2)cc1. The zero-order valence-electron chi connectivity index (χ0n) is 19.4. The number of para-hydroxylation sites is 1. The molecule has 4 rings (SSSR count). The third-order valence-corrected chi connectivity index (χ3v) is 6.37. The Morgan fingerprint density at radius 1 is 1.09 bits per heavy atom. The van der Waals surface area contributed by atoms with Gasteiger partial charge in [0.25, 0.3) is 5.91 Å². The molecular weight excluding hydrogens is 512 g/mol. The Hall–Kier alpha value is -3.52. The minimum atomic E-state index is -1.05. The van der Waals surface area contributed by atoms with Crippen molar-refractivity contribution < 1.29 is 24.2 Å². The highest BCUT2D eigenvalue weighted by molar-refractivity contribution is 9.10. The molecule has 0 bridgehead atoms. The number of aryl methyl sites for hydroxylation is 1. The lowest BCUT2D eigenvalue weighted by Gasteiger charge is -2.34. The average molecular weight is 539 g/mol. The number of halogens is 1. The van der Waals surface area contributed by atoms with Crippen molar-refractivity contribution in [3.63, 3.8) is 0 Å². The lowest BCUT2D eigenvalue weighted by Crippen LogP contribution is -2.41. The standard InChI is InChI=1S/C27H27BrN2O5/c1-2-19-6-8-20(9-7-19)27(33)30(22-12-10-21(28)11-13-22)15-14-29-16-17-34-26-23(29)4-3-5-24(26)35-18-25(31)32/h3-13H,2,14-18H2,1H3,(H,31,32). The third kappa shape index (κ3) is 5.95. The van der Waals surface area contributed by atoms with Gasteiger partial charge in [0, 0.05) is 28.8 Å². The van der Waals surface area contributed by atoms with E-state index in [1.54, 1.807) is 11.0 Å². The van der Waals surface area contributed by atoms with Gasteiger partial charge in [-0.25, -0.2) is 4.79 Å². The predicted octanol–water partition coefficient (Wildman–Crippen LogP) is 5.02. The number of carboxylic acids is 1. The molecule has 8 heteroatoms. The van der Waals surface area contributed by atoms with E-state index in [-0.39, 0.29) is 5.91 Å². The number of nitrogens with zero attached hydrogens (tertiary/aromatic N) is 2. The van der Waals surface area contributed by atoms with Gasteiger partial charge in [0.1, 0.15) is 6.61 Å². The number of amides is 1. The summed E-state index contributed by atoms with van der Waals surface area (Å²) in [5.41, 5.74) is 3.44. The molecule has 0 unspecified atom stereocenters. The first-order valence-electron chi connectivity index (χ1n) is 11.5. The van der Waals surface area contributed by atoms with Gasteiger partial charge >= 0.3 is 5.97 Å². The van der Waals surface area contributed by atoms with Crippen LogP contribution in [-0.4, -0.2) is 49.8 Å². The molecule has 0 spiro atoms.